The van der Waals surface area contributed by atoms with Crippen molar-refractivity contribution in [2.24, 2.45) is 0 Å². The number of ether oxygens (including phenoxy) is 2. The fraction of sp³-hybridized carbons (Fsp3) is 0.107. The van der Waals surface area contributed by atoms with Crippen molar-refractivity contribution in [3.63, 3.8) is 0 Å². The van der Waals surface area contributed by atoms with Gasteiger partial charge >= 0.3 is 5.97 Å². The van der Waals surface area contributed by atoms with E-state index in [0.29, 0.717) is 29.3 Å². The van der Waals surface area contributed by atoms with Gasteiger partial charge in [-0.1, -0.05) is 48.0 Å². The summed E-state index contributed by atoms with van der Waals surface area (Å²) < 4.78 is 36.3. The predicted molar refractivity (Wildman–Crippen MR) is 140 cm³/mol. The van der Waals surface area contributed by atoms with Crippen LogP contribution in [0.15, 0.2) is 91.0 Å². The quantitative estimate of drug-likeness (QED) is 0.189. The van der Waals surface area contributed by atoms with Crippen LogP contribution in [0.1, 0.15) is 27.0 Å². The summed E-state index contributed by atoms with van der Waals surface area (Å²) >= 11 is -2.69. The van der Waals surface area contributed by atoms with Crippen LogP contribution in [0.4, 0.5) is 17.1 Å². The van der Waals surface area contributed by atoms with Gasteiger partial charge in [-0.2, -0.15) is 0 Å². The lowest BCUT2D eigenvalue weighted by Gasteiger charge is -2.28. The maximum absolute atomic E-state index is 12.6. The molecule has 36 heavy (non-hydrogen) atoms. The van der Waals surface area contributed by atoms with E-state index in [1.54, 1.807) is 42.5 Å². The summed E-state index contributed by atoms with van der Waals surface area (Å²) in [6, 6.07) is 26.8. The molecule has 0 aliphatic heterocycles. The minimum Gasteiger partial charge on any atom is -0.755 e. The first-order valence-electron chi connectivity index (χ1n) is 11.1. The molecule has 4 aromatic rings. The number of benzene rings is 4. The van der Waals surface area contributed by atoms with Crippen molar-refractivity contribution in [1.82, 2.24) is 0 Å². The predicted octanol–water partition coefficient (Wildman–Crippen LogP) is 5.68. The first-order chi connectivity index (χ1) is 17.4. The molecule has 4 rings (SSSR count). The van der Waals surface area contributed by atoms with E-state index >= 15 is 0 Å². The minimum absolute atomic E-state index is 0.0414. The topological polar surface area (TPSA) is 105 Å². The van der Waals surface area contributed by atoms with Crippen LogP contribution in [0, 0.1) is 6.92 Å². The molecule has 8 heteroatoms. The molecule has 0 spiro atoms. The molecule has 0 saturated carbocycles. The van der Waals surface area contributed by atoms with Crippen molar-refractivity contribution in [2.45, 2.75) is 13.3 Å². The van der Waals surface area contributed by atoms with E-state index in [-0.39, 0.29) is 11.3 Å². The fourth-order valence-corrected chi connectivity index (χ4v) is 4.38. The number of aryl methyl sites for hydroxylation is 1. The first kappa shape index (κ1) is 25.0. The highest BCUT2D eigenvalue weighted by Gasteiger charge is 2.21. The Kier molecular flexibility index (Phi) is 7.68. The van der Waals surface area contributed by atoms with Crippen LogP contribution in [0.25, 0.3) is 0 Å². The summed E-state index contributed by atoms with van der Waals surface area (Å²) in [4.78, 5) is 12.6. The van der Waals surface area contributed by atoms with E-state index in [2.05, 4.69) is 0 Å². The van der Waals surface area contributed by atoms with Gasteiger partial charge in [0.2, 0.25) is 0 Å². The zero-order valence-corrected chi connectivity index (χ0v) is 20.7. The maximum Gasteiger partial charge on any atom is 0.340 e. The van der Waals surface area contributed by atoms with E-state index in [9.17, 15) is 13.6 Å². The van der Waals surface area contributed by atoms with Gasteiger partial charge in [0.05, 0.1) is 35.3 Å². The molecule has 0 amide bonds. The normalized spacial score (nSPS) is 11.5. The number of carbonyl (C=O) groups excluding carboxylic acids is 1. The second-order valence-corrected chi connectivity index (χ2v) is 8.94. The first-order valence-corrected chi connectivity index (χ1v) is 12.2. The largest absolute Gasteiger partial charge is 0.755 e. The summed E-state index contributed by atoms with van der Waals surface area (Å²) in [6.45, 7) is 1.90. The number of nitrogen functional groups attached to an aromatic ring is 1. The van der Waals surface area contributed by atoms with Gasteiger partial charge in [0.15, 0.2) is 0 Å². The summed E-state index contributed by atoms with van der Waals surface area (Å²) in [5.41, 5.74) is 10.4. The summed E-state index contributed by atoms with van der Waals surface area (Å²) in [5, 5.41) is 0. The molecule has 1 atom stereocenters. The van der Waals surface area contributed by atoms with Crippen LogP contribution in [0.2, 0.25) is 0 Å². The lowest BCUT2D eigenvalue weighted by Crippen LogP contribution is -2.22. The molecule has 184 valence electrons. The van der Waals surface area contributed by atoms with Crippen molar-refractivity contribution in [3.05, 3.63) is 113 Å². The van der Waals surface area contributed by atoms with Gasteiger partial charge in [-0.25, -0.2) is 4.79 Å². The number of rotatable bonds is 8. The van der Waals surface area contributed by atoms with E-state index in [1.165, 1.54) is 19.2 Å². The zero-order valence-electron chi connectivity index (χ0n) is 19.8. The smallest absolute Gasteiger partial charge is 0.340 e. The van der Waals surface area contributed by atoms with Gasteiger partial charge in [-0.3, -0.25) is 8.51 Å². The van der Waals surface area contributed by atoms with E-state index in [0.717, 1.165) is 21.0 Å². The Balaban J connectivity index is 1.68. The van der Waals surface area contributed by atoms with Gasteiger partial charge in [-0.05, 0) is 73.0 Å². The Morgan fingerprint density at radius 1 is 0.944 bits per heavy atom. The summed E-state index contributed by atoms with van der Waals surface area (Å²) in [5.74, 6) is 0.177. The SMILES string of the molecule is COC(=O)c1cc(Oc2ccc(N)c(Cc3ccccc3)c2)ccc1N(c1ccc(C)cc1)S(=O)[O-]. The molecule has 0 bridgehead atoms. The lowest BCUT2D eigenvalue weighted by atomic mass is 10.0. The van der Waals surface area contributed by atoms with Crippen LogP contribution in [0.3, 0.4) is 0 Å². The molecule has 0 aromatic heterocycles. The molecule has 0 fully saturated rings. The molecule has 0 heterocycles. The van der Waals surface area contributed by atoms with Crippen LogP contribution < -0.4 is 14.8 Å². The Morgan fingerprint density at radius 3 is 2.28 bits per heavy atom. The van der Waals surface area contributed by atoms with Gasteiger partial charge in [0, 0.05) is 5.69 Å². The number of nitrogens with zero attached hydrogens (tertiary/aromatic N) is 1. The number of hydrogen-bond acceptors (Lipinski definition) is 6. The molecular formula is C28H25N2O5S-. The zero-order chi connectivity index (χ0) is 25.7. The third-order valence-corrected chi connectivity index (χ3v) is 6.30. The van der Waals surface area contributed by atoms with Crippen molar-refractivity contribution in [1.29, 1.82) is 0 Å². The molecule has 0 aliphatic carbocycles. The Labute approximate surface area is 212 Å². The van der Waals surface area contributed by atoms with Crippen LogP contribution >= 0.6 is 0 Å². The molecule has 1 unspecified atom stereocenters. The molecule has 4 aromatic carbocycles. The lowest BCUT2D eigenvalue weighted by molar-refractivity contribution is 0.0601. The van der Waals surface area contributed by atoms with Gasteiger partial charge in [0.1, 0.15) is 11.5 Å². The second-order valence-electron chi connectivity index (χ2n) is 8.14. The van der Waals surface area contributed by atoms with Crippen molar-refractivity contribution < 1.29 is 23.0 Å². The Hall–Kier alpha value is -4.14. The van der Waals surface area contributed by atoms with Crippen LogP contribution in [-0.4, -0.2) is 21.8 Å². The second kappa shape index (κ2) is 11.1. The average molecular weight is 502 g/mol. The summed E-state index contributed by atoms with van der Waals surface area (Å²) in [6.07, 6.45) is 0.636. The molecular weight excluding hydrogens is 476 g/mol. The molecule has 0 aliphatic rings. The number of carbonyl (C=O) groups is 1. The Morgan fingerprint density at radius 2 is 1.61 bits per heavy atom. The number of esters is 1. The van der Waals surface area contributed by atoms with E-state index in [4.69, 9.17) is 15.2 Å². The third-order valence-electron chi connectivity index (χ3n) is 5.60. The minimum atomic E-state index is -2.69. The maximum atomic E-state index is 12.6. The highest BCUT2D eigenvalue weighted by atomic mass is 32.2. The standard InChI is InChI=1S/C28H26N2O5S/c1-19-8-10-22(11-9-19)30(36(32)33)27-15-13-24(18-25(27)28(31)34-2)35-23-12-14-26(29)21(17-23)16-20-6-4-3-5-7-20/h3-15,17-18H,16,29H2,1-2H3,(H,32,33)/p-1. The number of methoxy groups -OCH3 is 1. The van der Waals surface area contributed by atoms with Crippen LogP contribution in [-0.2, 0) is 22.4 Å². The van der Waals surface area contributed by atoms with Gasteiger partial charge < -0.3 is 19.8 Å². The molecule has 0 radical (unpaired) electrons. The van der Waals surface area contributed by atoms with Crippen molar-refractivity contribution in [3.8, 4) is 11.5 Å². The molecule has 2 N–H and O–H groups in total. The van der Waals surface area contributed by atoms with Crippen molar-refractivity contribution in [2.75, 3.05) is 17.1 Å². The molecule has 0 saturated heterocycles. The fourth-order valence-electron chi connectivity index (χ4n) is 3.77. The summed E-state index contributed by atoms with van der Waals surface area (Å²) in [7, 11) is 1.24. The van der Waals surface area contributed by atoms with E-state index < -0.39 is 17.2 Å². The number of hydrogen-bond donors (Lipinski definition) is 1. The highest BCUT2D eigenvalue weighted by Crippen LogP contribution is 2.35. The third kappa shape index (κ3) is 5.73. The van der Waals surface area contributed by atoms with Gasteiger partial charge in [0.25, 0.3) is 0 Å². The monoisotopic (exact) mass is 501 g/mol. The van der Waals surface area contributed by atoms with Gasteiger partial charge in [-0.15, -0.1) is 0 Å². The number of anilines is 3. The van der Waals surface area contributed by atoms with Crippen LogP contribution in [0.5, 0.6) is 11.5 Å². The average Bonchev–Trinajstić information content (AvgIpc) is 2.88. The highest BCUT2D eigenvalue weighted by molar-refractivity contribution is 7.81. The Bertz CT molecular complexity index is 1390. The van der Waals surface area contributed by atoms with E-state index in [1.807, 2.05) is 43.3 Å². The number of nitrogens with two attached hydrogens (primary N) is 1. The molecule has 7 nitrogen and oxygen atoms in total. The van der Waals surface area contributed by atoms with Crippen molar-refractivity contribution >= 4 is 34.3 Å².